The summed E-state index contributed by atoms with van der Waals surface area (Å²) in [5.41, 5.74) is 0.724. The van der Waals surface area contributed by atoms with Crippen molar-refractivity contribution in [2.45, 2.75) is 26.3 Å². The van der Waals surface area contributed by atoms with Crippen LogP contribution >= 0.6 is 15.9 Å². The van der Waals surface area contributed by atoms with E-state index in [0.717, 1.165) is 18.7 Å². The molecule has 0 saturated heterocycles. The number of hydrogen-bond donors (Lipinski definition) is 1. The second kappa shape index (κ2) is 6.87. The van der Waals surface area contributed by atoms with Gasteiger partial charge in [-0.2, -0.15) is 0 Å². The second-order valence-corrected chi connectivity index (χ2v) is 5.66. The molecule has 1 unspecified atom stereocenters. The number of nitro groups is 1. The first-order valence-electron chi connectivity index (χ1n) is 6.80. The summed E-state index contributed by atoms with van der Waals surface area (Å²) < 4.78 is 6.26. The summed E-state index contributed by atoms with van der Waals surface area (Å²) >= 11 is 3.18. The van der Waals surface area contributed by atoms with Gasteiger partial charge in [-0.25, -0.2) is 0 Å². The highest BCUT2D eigenvalue weighted by Gasteiger charge is 2.16. The normalized spacial score (nSPS) is 12.3. The smallest absolute Gasteiger partial charge is 0.284 e. The average Bonchev–Trinajstić information content (AvgIpc) is 2.94. The molecule has 1 atom stereocenters. The second-order valence-electron chi connectivity index (χ2n) is 4.80. The zero-order valence-corrected chi connectivity index (χ0v) is 13.5. The van der Waals surface area contributed by atoms with Gasteiger partial charge in [0.1, 0.15) is 11.5 Å². The summed E-state index contributed by atoms with van der Waals surface area (Å²) in [5.74, 6) is 1.45. The van der Waals surface area contributed by atoms with E-state index in [0.29, 0.717) is 15.8 Å². The van der Waals surface area contributed by atoms with Gasteiger partial charge in [0.15, 0.2) is 0 Å². The van der Waals surface area contributed by atoms with Crippen molar-refractivity contribution in [1.82, 2.24) is 5.32 Å². The maximum absolute atomic E-state index is 11.0. The van der Waals surface area contributed by atoms with E-state index < -0.39 is 4.92 Å². The van der Waals surface area contributed by atoms with E-state index >= 15 is 0 Å². The van der Waals surface area contributed by atoms with E-state index in [2.05, 4.69) is 28.2 Å². The molecule has 1 aromatic carbocycles. The minimum Gasteiger partial charge on any atom is -0.459 e. The molecule has 5 nitrogen and oxygen atoms in total. The van der Waals surface area contributed by atoms with Crippen LogP contribution in [0.1, 0.15) is 32.1 Å². The van der Waals surface area contributed by atoms with Crippen molar-refractivity contribution in [3.05, 3.63) is 50.7 Å². The largest absolute Gasteiger partial charge is 0.459 e. The maximum Gasteiger partial charge on any atom is 0.284 e. The van der Waals surface area contributed by atoms with Gasteiger partial charge in [-0.05, 0) is 60.1 Å². The van der Waals surface area contributed by atoms with Gasteiger partial charge in [0.25, 0.3) is 5.69 Å². The predicted octanol–water partition coefficient (Wildman–Crippen LogP) is 4.68. The van der Waals surface area contributed by atoms with Gasteiger partial charge >= 0.3 is 0 Å². The minimum atomic E-state index is -0.414. The third-order valence-corrected chi connectivity index (χ3v) is 3.85. The Morgan fingerprint density at radius 3 is 2.81 bits per heavy atom. The molecule has 1 N–H and O–H groups in total. The summed E-state index contributed by atoms with van der Waals surface area (Å²) in [4.78, 5) is 10.6. The van der Waals surface area contributed by atoms with Crippen LogP contribution in [0, 0.1) is 10.1 Å². The molecule has 2 aromatic rings. The van der Waals surface area contributed by atoms with Crippen molar-refractivity contribution >= 4 is 21.6 Å². The Morgan fingerprint density at radius 1 is 1.38 bits per heavy atom. The molecule has 0 fully saturated rings. The molecule has 0 spiro atoms. The van der Waals surface area contributed by atoms with Crippen molar-refractivity contribution in [3.8, 4) is 11.3 Å². The molecule has 2 rings (SSSR count). The van der Waals surface area contributed by atoms with Crippen LogP contribution in [0.15, 0.2) is 39.2 Å². The van der Waals surface area contributed by atoms with E-state index in [1.165, 1.54) is 6.07 Å². The third kappa shape index (κ3) is 3.71. The van der Waals surface area contributed by atoms with Crippen LogP contribution < -0.4 is 5.32 Å². The van der Waals surface area contributed by atoms with E-state index in [1.54, 1.807) is 12.1 Å². The Bertz CT molecular complexity index is 640. The Labute approximate surface area is 131 Å². The molecule has 1 heterocycles. The van der Waals surface area contributed by atoms with Gasteiger partial charge in [0.05, 0.1) is 15.4 Å². The Hall–Kier alpha value is -1.66. The van der Waals surface area contributed by atoms with Gasteiger partial charge in [-0.1, -0.05) is 6.92 Å². The van der Waals surface area contributed by atoms with E-state index in [1.807, 2.05) is 19.1 Å². The fourth-order valence-corrected chi connectivity index (χ4v) is 2.40. The highest BCUT2D eigenvalue weighted by molar-refractivity contribution is 9.10. The van der Waals surface area contributed by atoms with E-state index in [4.69, 9.17) is 4.42 Å². The fraction of sp³-hybridized carbons (Fsp3) is 0.333. The summed E-state index contributed by atoms with van der Waals surface area (Å²) in [6.07, 6.45) is 1.05. The first-order valence-corrected chi connectivity index (χ1v) is 7.59. The fourth-order valence-electron chi connectivity index (χ4n) is 2.01. The lowest BCUT2D eigenvalue weighted by molar-refractivity contribution is -0.385. The molecule has 0 aliphatic heterocycles. The highest BCUT2D eigenvalue weighted by Crippen LogP contribution is 2.32. The van der Waals surface area contributed by atoms with Gasteiger partial charge in [-0.15, -0.1) is 0 Å². The number of nitrogens with zero attached hydrogens (tertiary/aromatic N) is 1. The number of rotatable bonds is 6. The lowest BCUT2D eigenvalue weighted by Crippen LogP contribution is -2.18. The minimum absolute atomic E-state index is 0.0302. The molecule has 21 heavy (non-hydrogen) atoms. The number of hydrogen-bond acceptors (Lipinski definition) is 4. The molecule has 0 amide bonds. The molecule has 0 saturated carbocycles. The highest BCUT2D eigenvalue weighted by atomic mass is 79.9. The Kier molecular flexibility index (Phi) is 5.14. The van der Waals surface area contributed by atoms with Crippen LogP contribution in [0.5, 0.6) is 0 Å². The van der Waals surface area contributed by atoms with Crippen molar-refractivity contribution in [2.24, 2.45) is 0 Å². The molecule has 0 radical (unpaired) electrons. The van der Waals surface area contributed by atoms with Gasteiger partial charge in [-0.3, -0.25) is 10.1 Å². The summed E-state index contributed by atoms with van der Waals surface area (Å²) in [6, 6.07) is 8.82. The Morgan fingerprint density at radius 2 is 2.14 bits per heavy atom. The van der Waals surface area contributed by atoms with Crippen LogP contribution in [0.25, 0.3) is 11.3 Å². The first-order chi connectivity index (χ1) is 10.0. The number of furan rings is 1. The van der Waals surface area contributed by atoms with Crippen molar-refractivity contribution in [1.29, 1.82) is 0 Å². The zero-order valence-electron chi connectivity index (χ0n) is 11.9. The third-order valence-electron chi connectivity index (χ3n) is 3.18. The van der Waals surface area contributed by atoms with Crippen LogP contribution in [0.2, 0.25) is 0 Å². The molecule has 112 valence electrons. The van der Waals surface area contributed by atoms with Crippen LogP contribution in [0.3, 0.4) is 0 Å². The quantitative estimate of drug-likeness (QED) is 0.605. The molecular formula is C15H17BrN2O3. The molecule has 0 bridgehead atoms. The summed E-state index contributed by atoms with van der Waals surface area (Å²) in [7, 11) is 0. The van der Waals surface area contributed by atoms with Gasteiger partial charge in [0, 0.05) is 11.6 Å². The van der Waals surface area contributed by atoms with Crippen LogP contribution in [-0.2, 0) is 0 Å². The van der Waals surface area contributed by atoms with Gasteiger partial charge < -0.3 is 9.73 Å². The maximum atomic E-state index is 11.0. The summed E-state index contributed by atoms with van der Waals surface area (Å²) in [5, 5.41) is 14.3. The van der Waals surface area contributed by atoms with Crippen molar-refractivity contribution in [3.63, 3.8) is 0 Å². The van der Waals surface area contributed by atoms with E-state index in [9.17, 15) is 10.1 Å². The predicted molar refractivity (Wildman–Crippen MR) is 85.2 cm³/mol. The lowest BCUT2D eigenvalue weighted by atomic mass is 10.1. The number of nitro benzene ring substituents is 1. The molecular weight excluding hydrogens is 336 g/mol. The van der Waals surface area contributed by atoms with Crippen LogP contribution in [-0.4, -0.2) is 11.5 Å². The van der Waals surface area contributed by atoms with E-state index in [-0.39, 0.29) is 11.7 Å². The molecule has 1 aromatic heterocycles. The SMILES string of the molecule is CCCNC(C)c1ccc(-c2ccc(Br)c([N+](=O)[O-])c2)o1. The number of benzene rings is 1. The molecule has 0 aliphatic rings. The molecule has 0 aliphatic carbocycles. The van der Waals surface area contributed by atoms with Crippen molar-refractivity contribution in [2.75, 3.05) is 6.54 Å². The average molecular weight is 353 g/mol. The number of halogens is 1. The Balaban J connectivity index is 2.25. The summed E-state index contributed by atoms with van der Waals surface area (Å²) in [6.45, 7) is 5.05. The number of nitrogens with one attached hydrogen (secondary N) is 1. The zero-order chi connectivity index (χ0) is 15.4. The monoisotopic (exact) mass is 352 g/mol. The topological polar surface area (TPSA) is 68.3 Å². The van der Waals surface area contributed by atoms with Crippen LogP contribution in [0.4, 0.5) is 5.69 Å². The first kappa shape index (κ1) is 15.7. The van der Waals surface area contributed by atoms with Gasteiger partial charge in [0.2, 0.25) is 0 Å². The molecule has 6 heteroatoms. The van der Waals surface area contributed by atoms with Crippen molar-refractivity contribution < 1.29 is 9.34 Å². The standard InChI is InChI=1S/C15H17BrN2O3/c1-3-8-17-10(2)14-6-7-15(21-14)11-4-5-12(16)13(9-11)18(19)20/h4-7,9-10,17H,3,8H2,1-2H3. The lowest BCUT2D eigenvalue weighted by Gasteiger charge is -2.09.